The van der Waals surface area contributed by atoms with Crippen molar-refractivity contribution in [2.75, 3.05) is 13.7 Å². The highest BCUT2D eigenvalue weighted by molar-refractivity contribution is 9.10. The molecule has 0 fully saturated rings. The Kier molecular flexibility index (Phi) is 5.50. The van der Waals surface area contributed by atoms with Gasteiger partial charge in [-0.3, -0.25) is 14.1 Å². The van der Waals surface area contributed by atoms with Crippen molar-refractivity contribution < 1.29 is 4.74 Å². The molecule has 0 aliphatic rings. The normalized spacial score (nSPS) is 11.2. The van der Waals surface area contributed by atoms with Crippen molar-refractivity contribution in [2.45, 2.75) is 20.0 Å². The summed E-state index contributed by atoms with van der Waals surface area (Å²) in [6.45, 7) is 4.02. The van der Waals surface area contributed by atoms with E-state index in [1.165, 1.54) is 5.56 Å². The molecule has 1 aromatic carbocycles. The molecule has 6 heteroatoms. The highest BCUT2D eigenvalue weighted by Gasteiger charge is 2.07. The minimum atomic E-state index is -0.0734. The summed E-state index contributed by atoms with van der Waals surface area (Å²) in [5, 5.41) is 0. The molecule has 0 saturated heterocycles. The first-order valence-corrected chi connectivity index (χ1v) is 8.92. The maximum atomic E-state index is 12.3. The summed E-state index contributed by atoms with van der Waals surface area (Å²) in [5.41, 5.74) is 2.53. The number of halogens is 1. The molecule has 25 heavy (non-hydrogen) atoms. The van der Waals surface area contributed by atoms with E-state index in [0.717, 1.165) is 22.5 Å². The van der Waals surface area contributed by atoms with E-state index in [4.69, 9.17) is 4.74 Å². The molecule has 0 saturated carbocycles. The van der Waals surface area contributed by atoms with Crippen LogP contribution in [-0.2, 0) is 13.1 Å². The van der Waals surface area contributed by atoms with Crippen LogP contribution in [0.1, 0.15) is 18.2 Å². The number of pyridine rings is 1. The number of benzene rings is 1. The van der Waals surface area contributed by atoms with Crippen LogP contribution in [0.15, 0.2) is 57.9 Å². The number of hydrogen-bond donors (Lipinski definition) is 0. The first kappa shape index (κ1) is 17.6. The van der Waals surface area contributed by atoms with Crippen molar-refractivity contribution in [1.29, 1.82) is 0 Å². The van der Waals surface area contributed by atoms with Gasteiger partial charge in [0.1, 0.15) is 11.4 Å². The molecule has 2 aromatic heterocycles. The Balaban J connectivity index is 1.72. The molecule has 130 valence electrons. The van der Waals surface area contributed by atoms with E-state index in [1.54, 1.807) is 16.7 Å². The van der Waals surface area contributed by atoms with Gasteiger partial charge in [0.05, 0.1) is 12.3 Å². The van der Waals surface area contributed by atoms with Crippen LogP contribution >= 0.6 is 15.9 Å². The number of hydrogen-bond acceptors (Lipinski definition) is 4. The Hall–Kier alpha value is -2.18. The first-order chi connectivity index (χ1) is 12.0. The molecule has 0 atom stereocenters. The fourth-order valence-electron chi connectivity index (χ4n) is 2.71. The fourth-order valence-corrected chi connectivity index (χ4v) is 3.05. The minimum Gasteiger partial charge on any atom is -0.494 e. The molecule has 0 bridgehead atoms. The monoisotopic (exact) mass is 401 g/mol. The van der Waals surface area contributed by atoms with Crippen LogP contribution in [0.25, 0.3) is 5.65 Å². The van der Waals surface area contributed by atoms with Crippen LogP contribution in [0.2, 0.25) is 0 Å². The molecule has 0 N–H and O–H groups in total. The molecular formula is C19H20BrN3O2. The molecule has 3 aromatic rings. The second-order valence-electron chi connectivity index (χ2n) is 5.91. The van der Waals surface area contributed by atoms with E-state index in [0.29, 0.717) is 18.8 Å². The quantitative estimate of drug-likeness (QED) is 0.634. The summed E-state index contributed by atoms with van der Waals surface area (Å²) < 4.78 is 7.85. The van der Waals surface area contributed by atoms with Crippen LogP contribution in [0.3, 0.4) is 0 Å². The number of fused-ring (bicyclic) bond motifs is 1. The maximum absolute atomic E-state index is 12.3. The van der Waals surface area contributed by atoms with Crippen LogP contribution in [0.5, 0.6) is 5.75 Å². The van der Waals surface area contributed by atoms with Gasteiger partial charge in [-0.2, -0.15) is 0 Å². The number of rotatable bonds is 6. The topological polar surface area (TPSA) is 46.8 Å². The predicted molar refractivity (Wildman–Crippen MR) is 102 cm³/mol. The molecule has 0 spiro atoms. The molecule has 0 aliphatic heterocycles. The van der Waals surface area contributed by atoms with E-state index >= 15 is 0 Å². The van der Waals surface area contributed by atoms with Gasteiger partial charge >= 0.3 is 0 Å². The standard InChI is InChI=1S/C19H20BrN3O2/c1-3-25-17-7-4-14(5-8-17)11-22(2)13-16-10-19(24)23-12-15(20)6-9-18(23)21-16/h4-10,12H,3,11,13H2,1-2H3. The Bertz CT molecular complexity index is 922. The molecule has 0 amide bonds. The molecule has 5 nitrogen and oxygen atoms in total. The lowest BCUT2D eigenvalue weighted by Crippen LogP contribution is -2.21. The van der Waals surface area contributed by atoms with Crippen molar-refractivity contribution in [3.8, 4) is 5.75 Å². The summed E-state index contributed by atoms with van der Waals surface area (Å²) in [7, 11) is 2.02. The van der Waals surface area contributed by atoms with Gasteiger partial charge in [0.25, 0.3) is 5.56 Å². The zero-order valence-electron chi connectivity index (χ0n) is 14.3. The van der Waals surface area contributed by atoms with E-state index in [9.17, 15) is 4.79 Å². The molecule has 0 radical (unpaired) electrons. The Labute approximate surface area is 155 Å². The molecule has 0 aliphatic carbocycles. The van der Waals surface area contributed by atoms with E-state index < -0.39 is 0 Å². The average molecular weight is 402 g/mol. The second kappa shape index (κ2) is 7.80. The third-order valence-electron chi connectivity index (χ3n) is 3.80. The smallest absolute Gasteiger partial charge is 0.258 e. The number of aromatic nitrogens is 2. The largest absolute Gasteiger partial charge is 0.494 e. The summed E-state index contributed by atoms with van der Waals surface area (Å²) in [5.74, 6) is 0.879. The average Bonchev–Trinajstić information content (AvgIpc) is 2.57. The zero-order valence-corrected chi connectivity index (χ0v) is 15.9. The van der Waals surface area contributed by atoms with Crippen molar-refractivity contribution in [3.05, 3.63) is 74.7 Å². The SMILES string of the molecule is CCOc1ccc(CN(C)Cc2cc(=O)n3cc(Br)ccc3n2)cc1. The van der Waals surface area contributed by atoms with Gasteiger partial charge in [0.2, 0.25) is 0 Å². The fraction of sp³-hybridized carbons (Fsp3) is 0.263. The zero-order chi connectivity index (χ0) is 17.8. The maximum Gasteiger partial charge on any atom is 0.258 e. The lowest BCUT2D eigenvalue weighted by atomic mass is 10.2. The van der Waals surface area contributed by atoms with Crippen molar-refractivity contribution in [2.24, 2.45) is 0 Å². The summed E-state index contributed by atoms with van der Waals surface area (Å²) in [4.78, 5) is 19.0. The first-order valence-electron chi connectivity index (χ1n) is 8.13. The minimum absolute atomic E-state index is 0.0734. The van der Waals surface area contributed by atoms with Crippen LogP contribution in [0, 0.1) is 0 Å². The molecular weight excluding hydrogens is 382 g/mol. The van der Waals surface area contributed by atoms with Crippen LogP contribution in [0.4, 0.5) is 0 Å². The Morgan fingerprint density at radius 3 is 2.64 bits per heavy atom. The van der Waals surface area contributed by atoms with Gasteiger partial charge in [0, 0.05) is 29.8 Å². The lowest BCUT2D eigenvalue weighted by Gasteiger charge is -2.17. The van der Waals surface area contributed by atoms with Crippen LogP contribution in [-0.4, -0.2) is 27.9 Å². The van der Waals surface area contributed by atoms with Gasteiger partial charge < -0.3 is 4.74 Å². The summed E-state index contributed by atoms with van der Waals surface area (Å²) >= 11 is 3.37. The van der Waals surface area contributed by atoms with Gasteiger partial charge in [-0.25, -0.2) is 4.98 Å². The van der Waals surface area contributed by atoms with Gasteiger partial charge in [-0.15, -0.1) is 0 Å². The predicted octanol–water partition coefficient (Wildman–Crippen LogP) is 3.49. The summed E-state index contributed by atoms with van der Waals surface area (Å²) in [6.07, 6.45) is 1.73. The third kappa shape index (κ3) is 4.46. The Morgan fingerprint density at radius 1 is 1.16 bits per heavy atom. The van der Waals surface area contributed by atoms with Crippen molar-refractivity contribution >= 4 is 21.6 Å². The summed E-state index contributed by atoms with van der Waals surface area (Å²) in [6, 6.07) is 13.4. The van der Waals surface area contributed by atoms with E-state index in [2.05, 4.69) is 37.9 Å². The molecule has 0 unspecified atom stereocenters. The van der Waals surface area contributed by atoms with E-state index in [1.807, 2.05) is 38.2 Å². The lowest BCUT2D eigenvalue weighted by molar-refractivity contribution is 0.314. The number of nitrogens with zero attached hydrogens (tertiary/aromatic N) is 3. The van der Waals surface area contributed by atoms with Gasteiger partial charge in [-0.05, 0) is 59.7 Å². The molecule has 2 heterocycles. The van der Waals surface area contributed by atoms with Crippen molar-refractivity contribution in [1.82, 2.24) is 14.3 Å². The van der Waals surface area contributed by atoms with Gasteiger partial charge in [-0.1, -0.05) is 12.1 Å². The van der Waals surface area contributed by atoms with Crippen molar-refractivity contribution in [3.63, 3.8) is 0 Å². The number of ether oxygens (including phenoxy) is 1. The van der Waals surface area contributed by atoms with Gasteiger partial charge in [0.15, 0.2) is 0 Å². The van der Waals surface area contributed by atoms with E-state index in [-0.39, 0.29) is 5.56 Å². The highest BCUT2D eigenvalue weighted by atomic mass is 79.9. The highest BCUT2D eigenvalue weighted by Crippen LogP contribution is 2.14. The third-order valence-corrected chi connectivity index (χ3v) is 4.26. The molecule has 3 rings (SSSR count). The Morgan fingerprint density at radius 2 is 1.92 bits per heavy atom. The van der Waals surface area contributed by atoms with Crippen LogP contribution < -0.4 is 10.3 Å². The second-order valence-corrected chi connectivity index (χ2v) is 6.83.